The summed E-state index contributed by atoms with van der Waals surface area (Å²) in [4.78, 5) is 37.0. The van der Waals surface area contributed by atoms with E-state index in [0.717, 1.165) is 10.8 Å². The molecule has 0 aliphatic rings. The van der Waals surface area contributed by atoms with E-state index in [1.165, 1.54) is 0 Å². The van der Waals surface area contributed by atoms with Crippen molar-refractivity contribution in [2.75, 3.05) is 11.9 Å². The Labute approximate surface area is 171 Å². The van der Waals surface area contributed by atoms with Crippen LogP contribution in [0.4, 0.5) is 10.5 Å². The summed E-state index contributed by atoms with van der Waals surface area (Å²) in [6, 6.07) is 10.9. The Morgan fingerprint density at radius 3 is 2.07 bits per heavy atom. The number of rotatable bonds is 4. The standard InChI is InChI=1S/C22H29N3O4/c1-21(2,3)25-18(26)13-23-19(27)16-11-14-9-7-8-10-15(14)12-17(16)24-20(28)29-22(4,5)6/h7-12H,13H2,1-6H3,(H,23,27)(H,24,28)(H,25,26). The van der Waals surface area contributed by atoms with E-state index >= 15 is 0 Å². The second kappa shape index (κ2) is 8.51. The quantitative estimate of drug-likeness (QED) is 0.728. The highest BCUT2D eigenvalue weighted by Crippen LogP contribution is 2.25. The van der Waals surface area contributed by atoms with Gasteiger partial charge in [0.05, 0.1) is 17.8 Å². The van der Waals surface area contributed by atoms with Crippen LogP contribution < -0.4 is 16.0 Å². The fraction of sp³-hybridized carbons (Fsp3) is 0.409. The molecular formula is C22H29N3O4. The van der Waals surface area contributed by atoms with E-state index in [1.807, 2.05) is 45.0 Å². The minimum atomic E-state index is -0.672. The van der Waals surface area contributed by atoms with Gasteiger partial charge in [0.15, 0.2) is 0 Å². The van der Waals surface area contributed by atoms with E-state index in [-0.39, 0.29) is 18.0 Å². The highest BCUT2D eigenvalue weighted by Gasteiger charge is 2.21. The zero-order chi connectivity index (χ0) is 21.8. The number of benzene rings is 2. The van der Waals surface area contributed by atoms with Crippen LogP contribution in [-0.4, -0.2) is 35.6 Å². The predicted molar refractivity (Wildman–Crippen MR) is 114 cm³/mol. The third-order valence-corrected chi connectivity index (χ3v) is 3.69. The van der Waals surface area contributed by atoms with Gasteiger partial charge in [0.1, 0.15) is 5.60 Å². The second-order valence-electron chi connectivity index (χ2n) is 8.85. The first-order valence-corrected chi connectivity index (χ1v) is 9.46. The van der Waals surface area contributed by atoms with E-state index in [1.54, 1.807) is 32.9 Å². The number of carbonyl (C=O) groups is 3. The molecule has 0 aliphatic carbocycles. The van der Waals surface area contributed by atoms with Gasteiger partial charge in [0.2, 0.25) is 5.91 Å². The molecular weight excluding hydrogens is 370 g/mol. The van der Waals surface area contributed by atoms with Crippen LogP contribution in [0.1, 0.15) is 51.9 Å². The molecule has 0 bridgehead atoms. The molecule has 7 nitrogen and oxygen atoms in total. The van der Waals surface area contributed by atoms with Crippen LogP contribution in [0.3, 0.4) is 0 Å². The molecule has 0 unspecified atom stereocenters. The molecule has 0 saturated carbocycles. The Hall–Kier alpha value is -3.09. The lowest BCUT2D eigenvalue weighted by atomic mass is 10.0. The van der Waals surface area contributed by atoms with Gasteiger partial charge >= 0.3 is 6.09 Å². The third kappa shape index (κ3) is 7.10. The molecule has 0 atom stereocenters. The highest BCUT2D eigenvalue weighted by atomic mass is 16.6. The summed E-state index contributed by atoms with van der Waals surface area (Å²) >= 11 is 0. The molecule has 0 radical (unpaired) electrons. The predicted octanol–water partition coefficient (Wildman–Crippen LogP) is 3.83. The first-order valence-electron chi connectivity index (χ1n) is 9.46. The topological polar surface area (TPSA) is 96.5 Å². The van der Waals surface area contributed by atoms with Crippen molar-refractivity contribution in [3.63, 3.8) is 0 Å². The maximum Gasteiger partial charge on any atom is 0.412 e. The molecule has 2 rings (SSSR count). The zero-order valence-corrected chi connectivity index (χ0v) is 17.8. The van der Waals surface area contributed by atoms with Crippen molar-refractivity contribution in [2.45, 2.75) is 52.7 Å². The van der Waals surface area contributed by atoms with Crippen LogP contribution in [0.5, 0.6) is 0 Å². The highest BCUT2D eigenvalue weighted by molar-refractivity contribution is 6.07. The van der Waals surface area contributed by atoms with Gasteiger partial charge in [-0.25, -0.2) is 4.79 Å². The summed E-state index contributed by atoms with van der Waals surface area (Å²) < 4.78 is 5.30. The maximum absolute atomic E-state index is 12.8. The van der Waals surface area contributed by atoms with Crippen molar-refractivity contribution >= 4 is 34.4 Å². The number of nitrogens with one attached hydrogen (secondary N) is 3. The summed E-state index contributed by atoms with van der Waals surface area (Å²) in [6.07, 6.45) is -0.660. The maximum atomic E-state index is 12.8. The number of ether oxygens (including phenoxy) is 1. The van der Waals surface area contributed by atoms with E-state index in [9.17, 15) is 14.4 Å². The number of carbonyl (C=O) groups excluding carboxylic acids is 3. The fourth-order valence-electron chi connectivity index (χ4n) is 2.66. The van der Waals surface area contributed by atoms with Crippen LogP contribution in [0.2, 0.25) is 0 Å². The number of fused-ring (bicyclic) bond motifs is 1. The lowest BCUT2D eigenvalue weighted by molar-refractivity contribution is -0.121. The van der Waals surface area contributed by atoms with Gasteiger partial charge < -0.3 is 15.4 Å². The Balaban J connectivity index is 2.26. The minimum Gasteiger partial charge on any atom is -0.444 e. The van der Waals surface area contributed by atoms with Gasteiger partial charge in [-0.05, 0) is 64.4 Å². The van der Waals surface area contributed by atoms with Gasteiger partial charge in [0.25, 0.3) is 5.91 Å². The molecule has 0 spiro atoms. The van der Waals surface area contributed by atoms with E-state index in [2.05, 4.69) is 16.0 Å². The molecule has 0 saturated heterocycles. The summed E-state index contributed by atoms with van der Waals surface area (Å²) in [6.45, 7) is 10.7. The molecule has 0 heterocycles. The van der Waals surface area contributed by atoms with Crippen LogP contribution >= 0.6 is 0 Å². The smallest absolute Gasteiger partial charge is 0.412 e. The molecule has 3 amide bonds. The summed E-state index contributed by atoms with van der Waals surface area (Å²) in [5.41, 5.74) is -0.507. The van der Waals surface area contributed by atoms with Gasteiger partial charge in [-0.2, -0.15) is 0 Å². The van der Waals surface area contributed by atoms with Crippen molar-refractivity contribution in [3.05, 3.63) is 42.0 Å². The third-order valence-electron chi connectivity index (χ3n) is 3.69. The lowest BCUT2D eigenvalue weighted by Gasteiger charge is -2.21. The number of anilines is 1. The van der Waals surface area contributed by atoms with Gasteiger partial charge in [-0.3, -0.25) is 14.9 Å². The van der Waals surface area contributed by atoms with Crippen LogP contribution in [0.15, 0.2) is 36.4 Å². The second-order valence-corrected chi connectivity index (χ2v) is 8.85. The Morgan fingerprint density at radius 2 is 1.52 bits per heavy atom. The van der Waals surface area contributed by atoms with Gasteiger partial charge in [0, 0.05) is 5.54 Å². The largest absolute Gasteiger partial charge is 0.444 e. The number of hydrogen-bond acceptors (Lipinski definition) is 4. The molecule has 2 aromatic rings. The molecule has 0 fully saturated rings. The summed E-state index contributed by atoms with van der Waals surface area (Å²) in [5.74, 6) is -0.765. The van der Waals surface area contributed by atoms with Crippen molar-refractivity contribution in [1.29, 1.82) is 0 Å². The fourth-order valence-corrected chi connectivity index (χ4v) is 2.66. The van der Waals surface area contributed by atoms with Crippen LogP contribution in [0.25, 0.3) is 10.8 Å². The molecule has 0 aliphatic heterocycles. The molecule has 2 aromatic carbocycles. The minimum absolute atomic E-state index is 0.172. The molecule has 29 heavy (non-hydrogen) atoms. The average Bonchev–Trinajstić information content (AvgIpc) is 2.55. The van der Waals surface area contributed by atoms with Gasteiger partial charge in [-0.1, -0.05) is 24.3 Å². The Morgan fingerprint density at radius 1 is 0.931 bits per heavy atom. The van der Waals surface area contributed by atoms with E-state index < -0.39 is 23.1 Å². The SMILES string of the molecule is CC(C)(C)NC(=O)CNC(=O)c1cc2ccccc2cc1NC(=O)OC(C)(C)C. The average molecular weight is 399 g/mol. The Bertz CT molecular complexity index is 924. The van der Waals surface area contributed by atoms with Crippen molar-refractivity contribution in [1.82, 2.24) is 10.6 Å². The van der Waals surface area contributed by atoms with Crippen molar-refractivity contribution in [3.8, 4) is 0 Å². The van der Waals surface area contributed by atoms with Crippen molar-refractivity contribution in [2.24, 2.45) is 0 Å². The molecule has 7 heteroatoms. The van der Waals surface area contributed by atoms with Crippen LogP contribution in [0, 0.1) is 0 Å². The molecule has 156 valence electrons. The summed E-state index contributed by atoms with van der Waals surface area (Å²) in [5, 5.41) is 9.73. The number of amides is 3. The first-order chi connectivity index (χ1) is 13.3. The number of hydrogen-bond donors (Lipinski definition) is 3. The lowest BCUT2D eigenvalue weighted by Crippen LogP contribution is -2.45. The monoisotopic (exact) mass is 399 g/mol. The van der Waals surface area contributed by atoms with Crippen LogP contribution in [-0.2, 0) is 9.53 Å². The van der Waals surface area contributed by atoms with E-state index in [0.29, 0.717) is 5.69 Å². The van der Waals surface area contributed by atoms with Crippen molar-refractivity contribution < 1.29 is 19.1 Å². The molecule has 0 aromatic heterocycles. The zero-order valence-electron chi connectivity index (χ0n) is 17.8. The van der Waals surface area contributed by atoms with E-state index in [4.69, 9.17) is 4.74 Å². The Kier molecular flexibility index (Phi) is 6.51. The first kappa shape index (κ1) is 22.2. The molecule has 3 N–H and O–H groups in total. The van der Waals surface area contributed by atoms with Gasteiger partial charge in [-0.15, -0.1) is 0 Å². The normalized spacial score (nSPS) is 11.7. The summed E-state index contributed by atoms with van der Waals surface area (Å²) in [7, 11) is 0.